The van der Waals surface area contributed by atoms with E-state index in [-0.39, 0.29) is 30.5 Å². The lowest BCUT2D eigenvalue weighted by atomic mass is 10.0. The number of H-pyrrole nitrogens is 1. The second kappa shape index (κ2) is 9.62. The maximum Gasteiger partial charge on any atom is 0.238 e. The Morgan fingerprint density at radius 1 is 1.18 bits per heavy atom. The van der Waals surface area contributed by atoms with Gasteiger partial charge < -0.3 is 19.9 Å². The third kappa shape index (κ3) is 5.51. The molecule has 0 saturated carbocycles. The van der Waals surface area contributed by atoms with Crippen molar-refractivity contribution in [2.24, 2.45) is 0 Å². The predicted molar refractivity (Wildman–Crippen MR) is 128 cm³/mol. The summed E-state index contributed by atoms with van der Waals surface area (Å²) in [5, 5.41) is 3.00. The summed E-state index contributed by atoms with van der Waals surface area (Å²) in [4.78, 5) is 36.5. The monoisotopic (exact) mass is 449 g/mol. The highest BCUT2D eigenvalue weighted by atomic mass is 16.5. The Labute approximate surface area is 193 Å². The van der Waals surface area contributed by atoms with E-state index < -0.39 is 0 Å². The number of carbonyl (C=O) groups is 2. The molecule has 0 bridgehead atoms. The summed E-state index contributed by atoms with van der Waals surface area (Å²) in [6.07, 6.45) is 0.101. The molecule has 8 heteroatoms. The van der Waals surface area contributed by atoms with E-state index >= 15 is 0 Å². The van der Waals surface area contributed by atoms with Crippen molar-refractivity contribution in [3.05, 3.63) is 53.9 Å². The molecule has 1 aliphatic rings. The van der Waals surface area contributed by atoms with Crippen LogP contribution in [0.4, 0.5) is 5.69 Å². The van der Waals surface area contributed by atoms with E-state index in [9.17, 15) is 9.59 Å². The lowest BCUT2D eigenvalue weighted by Gasteiger charge is -2.41. The maximum atomic E-state index is 12.9. The molecular formula is C25H31N5O3. The summed E-state index contributed by atoms with van der Waals surface area (Å²) in [6, 6.07) is 13.5. The van der Waals surface area contributed by atoms with Crippen LogP contribution in [0.1, 0.15) is 38.2 Å². The van der Waals surface area contributed by atoms with E-state index in [1.807, 2.05) is 68.1 Å². The lowest BCUT2D eigenvalue weighted by Crippen LogP contribution is -2.51. The maximum absolute atomic E-state index is 12.9. The van der Waals surface area contributed by atoms with Gasteiger partial charge in [0.25, 0.3) is 0 Å². The van der Waals surface area contributed by atoms with Gasteiger partial charge in [0.05, 0.1) is 29.7 Å². The largest absolute Gasteiger partial charge is 0.491 e. The number of piperazine rings is 1. The summed E-state index contributed by atoms with van der Waals surface area (Å²) < 4.78 is 5.76. The van der Waals surface area contributed by atoms with E-state index in [4.69, 9.17) is 4.74 Å². The van der Waals surface area contributed by atoms with Crippen LogP contribution in [-0.4, -0.2) is 63.9 Å². The number of hydrogen-bond donors (Lipinski definition) is 2. The Bertz CT molecular complexity index is 1140. The van der Waals surface area contributed by atoms with Gasteiger partial charge in [-0.15, -0.1) is 0 Å². The minimum Gasteiger partial charge on any atom is -0.491 e. The fourth-order valence-electron chi connectivity index (χ4n) is 4.25. The Kier molecular flexibility index (Phi) is 6.65. The van der Waals surface area contributed by atoms with Gasteiger partial charge in [-0.25, -0.2) is 4.98 Å². The Balaban J connectivity index is 1.48. The van der Waals surface area contributed by atoms with Crippen molar-refractivity contribution in [2.45, 2.75) is 39.8 Å². The topological polar surface area (TPSA) is 90.6 Å². The number of ether oxygens (including phenoxy) is 1. The van der Waals surface area contributed by atoms with Gasteiger partial charge in [0.2, 0.25) is 11.8 Å². The van der Waals surface area contributed by atoms with E-state index in [1.54, 1.807) is 6.92 Å². The van der Waals surface area contributed by atoms with Crippen molar-refractivity contribution in [1.29, 1.82) is 0 Å². The fraction of sp³-hybridized carbons (Fsp3) is 0.400. The molecule has 174 valence electrons. The molecule has 2 heterocycles. The van der Waals surface area contributed by atoms with Crippen molar-refractivity contribution in [3.8, 4) is 5.75 Å². The van der Waals surface area contributed by atoms with Crippen LogP contribution in [0, 0.1) is 6.92 Å². The fourth-order valence-corrected chi connectivity index (χ4v) is 4.25. The molecule has 1 fully saturated rings. The molecule has 0 spiro atoms. The van der Waals surface area contributed by atoms with Crippen molar-refractivity contribution in [2.75, 3.05) is 31.5 Å². The van der Waals surface area contributed by atoms with E-state index in [2.05, 4.69) is 20.2 Å². The third-order valence-electron chi connectivity index (χ3n) is 5.80. The minimum atomic E-state index is -0.0911. The summed E-state index contributed by atoms with van der Waals surface area (Å²) in [5.41, 5.74) is 3.54. The zero-order valence-electron chi connectivity index (χ0n) is 19.6. The number of fused-ring (bicyclic) bond motifs is 1. The van der Waals surface area contributed by atoms with Crippen LogP contribution in [0.3, 0.4) is 0 Å². The average Bonchev–Trinajstić information content (AvgIpc) is 3.13. The van der Waals surface area contributed by atoms with Crippen molar-refractivity contribution in [1.82, 2.24) is 19.8 Å². The zero-order chi connectivity index (χ0) is 23.5. The minimum absolute atomic E-state index is 0.0482. The lowest BCUT2D eigenvalue weighted by molar-refractivity contribution is -0.132. The number of nitrogens with one attached hydrogen (secondary N) is 2. The van der Waals surface area contributed by atoms with Crippen LogP contribution in [0.15, 0.2) is 42.5 Å². The van der Waals surface area contributed by atoms with E-state index in [1.165, 1.54) is 0 Å². The molecule has 0 unspecified atom stereocenters. The molecule has 2 aromatic carbocycles. The number of benzene rings is 2. The number of aromatic amines is 1. The first-order chi connectivity index (χ1) is 15.8. The van der Waals surface area contributed by atoms with Gasteiger partial charge in [-0.2, -0.15) is 0 Å². The van der Waals surface area contributed by atoms with E-state index in [0.29, 0.717) is 19.6 Å². The summed E-state index contributed by atoms with van der Waals surface area (Å²) in [6.45, 7) is 9.49. The molecule has 2 N–H and O–H groups in total. The molecule has 1 aromatic heterocycles. The third-order valence-corrected chi connectivity index (χ3v) is 5.80. The number of hydrogen-bond acceptors (Lipinski definition) is 5. The molecule has 2 amide bonds. The standard InChI is InChI=1S/C25H31N5O3/c1-16(2)33-21-8-5-19(6-9-21)24-14-29(18(4)31)11-12-30(24)15-25(32)28-20-7-10-22-23(13-20)27-17(3)26-22/h5-10,13,16,24H,11-12,14-15H2,1-4H3,(H,26,27)(H,28,32)/t24-/m0/s1. The Morgan fingerprint density at radius 3 is 2.64 bits per heavy atom. The number of aryl methyl sites for hydroxylation is 1. The Morgan fingerprint density at radius 2 is 1.94 bits per heavy atom. The van der Waals surface area contributed by atoms with Crippen LogP contribution < -0.4 is 10.1 Å². The van der Waals surface area contributed by atoms with Gasteiger partial charge in [0, 0.05) is 32.2 Å². The van der Waals surface area contributed by atoms with Crippen molar-refractivity contribution < 1.29 is 14.3 Å². The molecule has 1 aliphatic heterocycles. The van der Waals surface area contributed by atoms with Gasteiger partial charge in [-0.1, -0.05) is 12.1 Å². The first-order valence-electron chi connectivity index (χ1n) is 11.3. The molecule has 33 heavy (non-hydrogen) atoms. The normalized spacial score (nSPS) is 16.9. The van der Waals surface area contributed by atoms with Gasteiger partial charge in [-0.3, -0.25) is 14.5 Å². The van der Waals surface area contributed by atoms with Crippen LogP contribution in [0.2, 0.25) is 0 Å². The van der Waals surface area contributed by atoms with Gasteiger partial charge >= 0.3 is 0 Å². The van der Waals surface area contributed by atoms with Gasteiger partial charge in [-0.05, 0) is 56.7 Å². The number of carbonyl (C=O) groups excluding carboxylic acids is 2. The smallest absolute Gasteiger partial charge is 0.238 e. The molecular weight excluding hydrogens is 418 g/mol. The highest BCUT2D eigenvalue weighted by Gasteiger charge is 2.30. The van der Waals surface area contributed by atoms with Gasteiger partial charge in [0.1, 0.15) is 11.6 Å². The van der Waals surface area contributed by atoms with Crippen LogP contribution in [0.5, 0.6) is 5.75 Å². The quantitative estimate of drug-likeness (QED) is 0.601. The van der Waals surface area contributed by atoms with E-state index in [0.717, 1.165) is 33.9 Å². The number of anilines is 1. The SMILES string of the molecule is CC(=O)N1CCN(CC(=O)Nc2ccc3nc(C)[nH]c3c2)[C@H](c2ccc(OC(C)C)cc2)C1. The highest BCUT2D eigenvalue weighted by Crippen LogP contribution is 2.27. The summed E-state index contributed by atoms with van der Waals surface area (Å²) in [7, 11) is 0. The first-order valence-corrected chi connectivity index (χ1v) is 11.3. The number of amides is 2. The molecule has 3 aromatic rings. The summed E-state index contributed by atoms with van der Waals surface area (Å²) in [5.74, 6) is 1.60. The molecule has 0 radical (unpaired) electrons. The number of rotatable bonds is 6. The number of nitrogens with zero attached hydrogens (tertiary/aromatic N) is 3. The molecule has 0 aliphatic carbocycles. The predicted octanol–water partition coefficient (Wildman–Crippen LogP) is 3.50. The van der Waals surface area contributed by atoms with Crippen LogP contribution >= 0.6 is 0 Å². The van der Waals surface area contributed by atoms with Gasteiger partial charge in [0.15, 0.2) is 0 Å². The van der Waals surface area contributed by atoms with Crippen LogP contribution in [0.25, 0.3) is 11.0 Å². The second-order valence-electron chi connectivity index (χ2n) is 8.79. The molecule has 4 rings (SSSR count). The molecule has 1 atom stereocenters. The second-order valence-corrected chi connectivity index (χ2v) is 8.79. The Hall–Kier alpha value is -3.39. The van der Waals surface area contributed by atoms with Crippen molar-refractivity contribution in [3.63, 3.8) is 0 Å². The number of aromatic nitrogens is 2. The van der Waals surface area contributed by atoms with Crippen molar-refractivity contribution >= 4 is 28.5 Å². The number of imidazole rings is 1. The first kappa shape index (κ1) is 22.8. The molecule has 8 nitrogen and oxygen atoms in total. The highest BCUT2D eigenvalue weighted by molar-refractivity contribution is 5.94. The molecule has 1 saturated heterocycles. The summed E-state index contributed by atoms with van der Waals surface area (Å²) >= 11 is 0. The van der Waals surface area contributed by atoms with Crippen LogP contribution in [-0.2, 0) is 9.59 Å². The zero-order valence-corrected chi connectivity index (χ0v) is 19.6. The average molecular weight is 450 g/mol.